The highest BCUT2D eigenvalue weighted by atomic mass is 32.2. The van der Waals surface area contributed by atoms with Gasteiger partial charge in [0, 0.05) is 27.9 Å². The van der Waals surface area contributed by atoms with E-state index in [2.05, 4.69) is 62.3 Å². The topological polar surface area (TPSA) is 42.0 Å². The van der Waals surface area contributed by atoms with Crippen LogP contribution in [-0.4, -0.2) is 16.6 Å². The summed E-state index contributed by atoms with van der Waals surface area (Å²) in [6.45, 7) is 8.42. The van der Waals surface area contributed by atoms with Crippen LogP contribution >= 0.6 is 23.1 Å². The van der Waals surface area contributed by atoms with Gasteiger partial charge in [-0.3, -0.25) is 4.79 Å². The number of carbonyl (C=O) groups is 1. The summed E-state index contributed by atoms with van der Waals surface area (Å²) in [6, 6.07) is 8.36. The minimum absolute atomic E-state index is 0.0147. The molecule has 0 fully saturated rings. The average molecular weight is 335 g/mol. The molecule has 1 aromatic heterocycles. The standard InChI is InChI=1S/C17H22N2OS2/c1-12-5-7-13(8-6-12)21-10-9-15(20)19-16-18-14(11-22-16)17(2,3)4/h5-8,11H,9-10H2,1-4H3,(H,18,19,20). The first-order chi connectivity index (χ1) is 10.3. The van der Waals surface area contributed by atoms with E-state index < -0.39 is 0 Å². The second-order valence-electron chi connectivity index (χ2n) is 6.25. The predicted molar refractivity (Wildman–Crippen MR) is 96.0 cm³/mol. The third-order valence-corrected chi connectivity index (χ3v) is 4.91. The number of carbonyl (C=O) groups excluding carboxylic acids is 1. The van der Waals surface area contributed by atoms with Crippen LogP contribution in [-0.2, 0) is 10.2 Å². The van der Waals surface area contributed by atoms with E-state index in [4.69, 9.17) is 0 Å². The average Bonchev–Trinajstić information content (AvgIpc) is 2.89. The molecule has 1 aromatic carbocycles. The van der Waals surface area contributed by atoms with Crippen molar-refractivity contribution in [3.8, 4) is 0 Å². The van der Waals surface area contributed by atoms with Gasteiger partial charge in [-0.15, -0.1) is 23.1 Å². The van der Waals surface area contributed by atoms with Gasteiger partial charge in [0.05, 0.1) is 5.69 Å². The minimum atomic E-state index is 0.0147. The van der Waals surface area contributed by atoms with E-state index in [1.807, 2.05) is 5.38 Å². The van der Waals surface area contributed by atoms with Crippen LogP contribution < -0.4 is 5.32 Å². The van der Waals surface area contributed by atoms with Crippen molar-refractivity contribution in [1.29, 1.82) is 0 Å². The van der Waals surface area contributed by atoms with E-state index in [1.165, 1.54) is 21.8 Å². The molecule has 0 aliphatic heterocycles. The van der Waals surface area contributed by atoms with E-state index in [0.717, 1.165) is 11.4 Å². The molecule has 0 saturated heterocycles. The summed E-state index contributed by atoms with van der Waals surface area (Å²) in [5.74, 6) is 0.793. The molecular weight excluding hydrogens is 312 g/mol. The zero-order chi connectivity index (χ0) is 16.2. The summed E-state index contributed by atoms with van der Waals surface area (Å²) in [5.41, 5.74) is 2.28. The quantitative estimate of drug-likeness (QED) is 0.793. The Morgan fingerprint density at radius 3 is 2.55 bits per heavy atom. The van der Waals surface area contributed by atoms with Gasteiger partial charge in [-0.25, -0.2) is 4.98 Å². The number of hydrogen-bond acceptors (Lipinski definition) is 4. The maximum absolute atomic E-state index is 12.0. The highest BCUT2D eigenvalue weighted by Gasteiger charge is 2.18. The van der Waals surface area contributed by atoms with Crippen molar-refractivity contribution in [2.75, 3.05) is 11.1 Å². The summed E-state index contributed by atoms with van der Waals surface area (Å²) in [4.78, 5) is 17.6. The van der Waals surface area contributed by atoms with Crippen molar-refractivity contribution in [2.24, 2.45) is 0 Å². The monoisotopic (exact) mass is 334 g/mol. The molecule has 118 valence electrons. The van der Waals surface area contributed by atoms with E-state index >= 15 is 0 Å². The Labute approximate surface area is 140 Å². The number of aromatic nitrogens is 1. The van der Waals surface area contributed by atoms with Gasteiger partial charge >= 0.3 is 0 Å². The molecule has 0 aliphatic carbocycles. The van der Waals surface area contributed by atoms with Crippen molar-refractivity contribution in [2.45, 2.75) is 44.4 Å². The number of benzene rings is 1. The zero-order valence-corrected chi connectivity index (χ0v) is 15.1. The van der Waals surface area contributed by atoms with Crippen LogP contribution in [0, 0.1) is 6.92 Å². The maximum atomic E-state index is 12.0. The summed E-state index contributed by atoms with van der Waals surface area (Å²) in [5, 5.41) is 5.59. The Kier molecular flexibility index (Phi) is 5.64. The van der Waals surface area contributed by atoms with Gasteiger partial charge in [0.15, 0.2) is 5.13 Å². The Bertz CT molecular complexity index is 627. The fraction of sp³-hybridized carbons (Fsp3) is 0.412. The van der Waals surface area contributed by atoms with Crippen LogP contribution in [0.2, 0.25) is 0 Å². The molecule has 1 N–H and O–H groups in total. The lowest BCUT2D eigenvalue weighted by molar-refractivity contribution is -0.115. The molecule has 1 heterocycles. The van der Waals surface area contributed by atoms with Crippen LogP contribution in [0.3, 0.4) is 0 Å². The van der Waals surface area contributed by atoms with Gasteiger partial charge in [-0.2, -0.15) is 0 Å². The zero-order valence-electron chi connectivity index (χ0n) is 13.5. The van der Waals surface area contributed by atoms with Crippen molar-refractivity contribution < 1.29 is 4.79 Å². The molecule has 3 nitrogen and oxygen atoms in total. The second-order valence-corrected chi connectivity index (χ2v) is 8.27. The lowest BCUT2D eigenvalue weighted by Gasteiger charge is -2.14. The number of amides is 1. The first-order valence-corrected chi connectivity index (χ1v) is 9.16. The highest BCUT2D eigenvalue weighted by Crippen LogP contribution is 2.26. The molecule has 0 spiro atoms. The normalized spacial score (nSPS) is 11.5. The van der Waals surface area contributed by atoms with Gasteiger partial charge in [-0.05, 0) is 19.1 Å². The molecule has 2 rings (SSSR count). The molecule has 0 atom stereocenters. The molecule has 0 bridgehead atoms. The maximum Gasteiger partial charge on any atom is 0.226 e. The minimum Gasteiger partial charge on any atom is -0.302 e. The third kappa shape index (κ3) is 5.14. The van der Waals surface area contributed by atoms with Crippen LogP contribution in [0.15, 0.2) is 34.5 Å². The van der Waals surface area contributed by atoms with Crippen molar-refractivity contribution in [3.05, 3.63) is 40.9 Å². The number of thioether (sulfide) groups is 1. The van der Waals surface area contributed by atoms with Crippen LogP contribution in [0.4, 0.5) is 5.13 Å². The number of nitrogens with one attached hydrogen (secondary N) is 1. The Morgan fingerprint density at radius 2 is 1.95 bits per heavy atom. The van der Waals surface area contributed by atoms with Crippen LogP contribution in [0.5, 0.6) is 0 Å². The second kappa shape index (κ2) is 7.29. The molecule has 0 radical (unpaired) electrons. The van der Waals surface area contributed by atoms with E-state index in [1.54, 1.807) is 11.8 Å². The largest absolute Gasteiger partial charge is 0.302 e. The number of nitrogens with zero attached hydrogens (tertiary/aromatic N) is 1. The first-order valence-electron chi connectivity index (χ1n) is 7.30. The number of rotatable bonds is 5. The Balaban J connectivity index is 1.78. The number of anilines is 1. The molecule has 0 unspecified atom stereocenters. The Morgan fingerprint density at radius 1 is 1.27 bits per heavy atom. The SMILES string of the molecule is Cc1ccc(SCCC(=O)Nc2nc(C(C)(C)C)cs2)cc1. The highest BCUT2D eigenvalue weighted by molar-refractivity contribution is 7.99. The molecule has 22 heavy (non-hydrogen) atoms. The summed E-state index contributed by atoms with van der Waals surface area (Å²) < 4.78 is 0. The van der Waals surface area contributed by atoms with Gasteiger partial charge in [0.25, 0.3) is 0 Å². The molecule has 0 aliphatic rings. The molecule has 2 aromatic rings. The molecule has 5 heteroatoms. The predicted octanol–water partition coefficient (Wildman–Crippen LogP) is 4.87. The Hall–Kier alpha value is -1.33. The van der Waals surface area contributed by atoms with E-state index in [0.29, 0.717) is 11.6 Å². The lowest BCUT2D eigenvalue weighted by atomic mass is 9.93. The molecule has 0 saturated carbocycles. The summed E-state index contributed by atoms with van der Waals surface area (Å²) in [6.07, 6.45) is 0.489. The third-order valence-electron chi connectivity index (χ3n) is 3.14. The number of thiazole rings is 1. The van der Waals surface area contributed by atoms with Gasteiger partial charge in [0.2, 0.25) is 5.91 Å². The van der Waals surface area contributed by atoms with Crippen LogP contribution in [0.25, 0.3) is 0 Å². The molecule has 1 amide bonds. The number of aryl methyl sites for hydroxylation is 1. The van der Waals surface area contributed by atoms with E-state index in [-0.39, 0.29) is 11.3 Å². The van der Waals surface area contributed by atoms with Crippen molar-refractivity contribution in [1.82, 2.24) is 4.98 Å². The smallest absolute Gasteiger partial charge is 0.226 e. The van der Waals surface area contributed by atoms with E-state index in [9.17, 15) is 4.79 Å². The van der Waals surface area contributed by atoms with Crippen molar-refractivity contribution in [3.63, 3.8) is 0 Å². The van der Waals surface area contributed by atoms with Crippen molar-refractivity contribution >= 4 is 34.1 Å². The van der Waals surface area contributed by atoms with Gasteiger partial charge in [0.1, 0.15) is 0 Å². The number of hydrogen-bond donors (Lipinski definition) is 1. The fourth-order valence-corrected chi connectivity index (χ4v) is 3.56. The fourth-order valence-electron chi connectivity index (χ4n) is 1.75. The van der Waals surface area contributed by atoms with Crippen LogP contribution in [0.1, 0.15) is 38.4 Å². The molecular formula is C17H22N2OS2. The van der Waals surface area contributed by atoms with Gasteiger partial charge in [-0.1, -0.05) is 38.5 Å². The summed E-state index contributed by atoms with van der Waals surface area (Å²) >= 11 is 3.19. The first kappa shape index (κ1) is 17.0. The lowest BCUT2D eigenvalue weighted by Crippen LogP contribution is -2.14. The summed E-state index contributed by atoms with van der Waals surface area (Å²) in [7, 11) is 0. The van der Waals surface area contributed by atoms with Gasteiger partial charge < -0.3 is 5.32 Å².